The highest BCUT2D eigenvalue weighted by atomic mass is 32.2. The van der Waals surface area contributed by atoms with Crippen molar-refractivity contribution in [2.24, 2.45) is 0 Å². The minimum atomic E-state index is -3.58. The van der Waals surface area contributed by atoms with E-state index in [9.17, 15) is 13.2 Å². The first-order valence-corrected chi connectivity index (χ1v) is 13.1. The molecule has 1 N–H and O–H groups in total. The number of sulfonamides is 1. The van der Waals surface area contributed by atoms with Crippen LogP contribution in [0.25, 0.3) is 0 Å². The summed E-state index contributed by atoms with van der Waals surface area (Å²) >= 11 is 0. The zero-order valence-electron chi connectivity index (χ0n) is 18.8. The Hall–Kier alpha value is -2.22. The highest BCUT2D eigenvalue weighted by Crippen LogP contribution is 2.23. The van der Waals surface area contributed by atoms with Crippen molar-refractivity contribution in [1.82, 2.24) is 9.21 Å². The van der Waals surface area contributed by atoms with Gasteiger partial charge in [0.05, 0.1) is 4.90 Å². The molecule has 172 valence electrons. The van der Waals surface area contributed by atoms with Gasteiger partial charge in [-0.3, -0.25) is 4.79 Å². The van der Waals surface area contributed by atoms with Gasteiger partial charge in [-0.15, -0.1) is 0 Å². The lowest BCUT2D eigenvalue weighted by Gasteiger charge is -2.26. The molecule has 32 heavy (non-hydrogen) atoms. The van der Waals surface area contributed by atoms with Crippen LogP contribution in [0.5, 0.6) is 0 Å². The van der Waals surface area contributed by atoms with Gasteiger partial charge in [0.2, 0.25) is 10.0 Å². The molecule has 0 aliphatic carbocycles. The first kappa shape index (κ1) is 23.0. The zero-order chi connectivity index (χ0) is 22.6. The molecule has 4 rings (SSSR count). The van der Waals surface area contributed by atoms with Crippen LogP contribution in [0.2, 0.25) is 0 Å². The average molecular weight is 456 g/mol. The second-order valence-electron chi connectivity index (χ2n) is 8.89. The van der Waals surface area contributed by atoms with E-state index in [1.165, 1.54) is 41.9 Å². The molecule has 2 saturated heterocycles. The number of anilines is 1. The molecule has 1 amide bonds. The number of hydrogen-bond acceptors (Lipinski definition) is 4. The maximum atomic E-state index is 13.0. The number of amides is 1. The summed E-state index contributed by atoms with van der Waals surface area (Å²) in [7, 11) is -3.58. The number of carbonyl (C=O) groups is 1. The summed E-state index contributed by atoms with van der Waals surface area (Å²) in [4.78, 5) is 15.6. The molecular formula is C25H33N3O3S. The largest absolute Gasteiger partial charge is 0.322 e. The topological polar surface area (TPSA) is 69.7 Å². The highest BCUT2D eigenvalue weighted by molar-refractivity contribution is 7.89. The maximum absolute atomic E-state index is 13.0. The van der Waals surface area contributed by atoms with Gasteiger partial charge in [-0.05, 0) is 87.5 Å². The molecule has 2 aliphatic heterocycles. The Labute approximate surface area is 191 Å². The first-order chi connectivity index (χ1) is 15.4. The van der Waals surface area contributed by atoms with Gasteiger partial charge < -0.3 is 10.2 Å². The van der Waals surface area contributed by atoms with Crippen molar-refractivity contribution >= 4 is 21.6 Å². The maximum Gasteiger partial charge on any atom is 0.255 e. The smallest absolute Gasteiger partial charge is 0.255 e. The number of hydrogen-bond donors (Lipinski definition) is 1. The van der Waals surface area contributed by atoms with Crippen LogP contribution in [0.15, 0.2) is 47.4 Å². The van der Waals surface area contributed by atoms with E-state index in [2.05, 4.69) is 22.3 Å². The number of carbonyl (C=O) groups excluding carboxylic acids is 1. The Morgan fingerprint density at radius 1 is 0.906 bits per heavy atom. The molecule has 0 radical (unpaired) electrons. The van der Waals surface area contributed by atoms with E-state index in [0.29, 0.717) is 24.3 Å². The molecule has 6 nitrogen and oxygen atoms in total. The van der Waals surface area contributed by atoms with Crippen molar-refractivity contribution in [3.63, 3.8) is 0 Å². The van der Waals surface area contributed by atoms with Gasteiger partial charge in [-0.2, -0.15) is 4.31 Å². The van der Waals surface area contributed by atoms with Crippen LogP contribution in [-0.2, 0) is 16.4 Å². The van der Waals surface area contributed by atoms with Gasteiger partial charge in [0.1, 0.15) is 0 Å². The molecule has 2 heterocycles. The standard InChI is InChI=1S/C25H33N3O3S/c1-20-7-12-23(32(30,31)28-16-3-2-4-17-28)19-24(20)25(29)26-22-10-8-21(9-11-22)13-18-27-14-5-6-15-27/h7-12,19H,2-6,13-18H2,1H3,(H,26,29). The van der Waals surface area contributed by atoms with E-state index >= 15 is 0 Å². The Morgan fingerprint density at radius 3 is 2.25 bits per heavy atom. The number of benzene rings is 2. The van der Waals surface area contributed by atoms with Crippen molar-refractivity contribution in [2.75, 3.05) is 38.0 Å². The van der Waals surface area contributed by atoms with Gasteiger partial charge in [0.15, 0.2) is 0 Å². The third-order valence-electron chi connectivity index (χ3n) is 6.53. The average Bonchev–Trinajstić information content (AvgIpc) is 3.33. The fourth-order valence-corrected chi connectivity index (χ4v) is 6.05. The quantitative estimate of drug-likeness (QED) is 0.684. The molecule has 0 spiro atoms. The van der Waals surface area contributed by atoms with Crippen LogP contribution < -0.4 is 5.32 Å². The number of nitrogens with one attached hydrogen (secondary N) is 1. The van der Waals surface area contributed by atoms with Crippen molar-refractivity contribution < 1.29 is 13.2 Å². The van der Waals surface area contributed by atoms with Crippen LogP contribution in [0.1, 0.15) is 53.6 Å². The molecule has 0 atom stereocenters. The number of nitrogens with zero attached hydrogens (tertiary/aromatic N) is 2. The molecule has 2 aliphatic rings. The Bertz CT molecular complexity index is 1040. The third kappa shape index (κ3) is 5.39. The van der Waals surface area contributed by atoms with E-state index in [0.717, 1.165) is 37.8 Å². The minimum absolute atomic E-state index is 0.187. The van der Waals surface area contributed by atoms with Crippen molar-refractivity contribution in [3.05, 3.63) is 59.2 Å². The van der Waals surface area contributed by atoms with E-state index < -0.39 is 10.0 Å². The van der Waals surface area contributed by atoms with Gasteiger partial charge in [0, 0.05) is 30.9 Å². The van der Waals surface area contributed by atoms with Gasteiger partial charge in [0.25, 0.3) is 5.91 Å². The lowest BCUT2D eigenvalue weighted by atomic mass is 10.1. The monoisotopic (exact) mass is 455 g/mol. The Kier molecular flexibility index (Phi) is 7.28. The molecule has 2 aromatic rings. The van der Waals surface area contributed by atoms with Crippen molar-refractivity contribution in [1.29, 1.82) is 0 Å². The van der Waals surface area contributed by atoms with Crippen LogP contribution in [0.4, 0.5) is 5.69 Å². The molecule has 0 aromatic heterocycles. The summed E-state index contributed by atoms with van der Waals surface area (Å²) in [6.45, 7) is 6.38. The summed E-state index contributed by atoms with van der Waals surface area (Å²) in [5.74, 6) is -0.289. The second-order valence-corrected chi connectivity index (χ2v) is 10.8. The number of piperidine rings is 1. The van der Waals surface area contributed by atoms with E-state index in [1.54, 1.807) is 12.1 Å². The summed E-state index contributed by atoms with van der Waals surface area (Å²) in [5.41, 5.74) is 3.10. The minimum Gasteiger partial charge on any atom is -0.322 e. The SMILES string of the molecule is Cc1ccc(S(=O)(=O)N2CCCCC2)cc1C(=O)Nc1ccc(CCN2CCCC2)cc1. The summed E-state index contributed by atoms with van der Waals surface area (Å²) in [5, 5.41) is 2.92. The number of likely N-dealkylation sites (tertiary alicyclic amines) is 1. The molecule has 0 saturated carbocycles. The van der Waals surface area contributed by atoms with E-state index in [4.69, 9.17) is 0 Å². The molecular weight excluding hydrogens is 422 g/mol. The lowest BCUT2D eigenvalue weighted by molar-refractivity contribution is 0.102. The fourth-order valence-electron chi connectivity index (χ4n) is 4.51. The molecule has 0 unspecified atom stereocenters. The normalized spacial score (nSPS) is 18.0. The predicted molar refractivity (Wildman–Crippen MR) is 128 cm³/mol. The number of aryl methyl sites for hydroxylation is 1. The van der Waals surface area contributed by atoms with E-state index in [1.807, 2.05) is 19.1 Å². The zero-order valence-corrected chi connectivity index (χ0v) is 19.7. The molecule has 0 bridgehead atoms. The Balaban J connectivity index is 1.43. The first-order valence-electron chi connectivity index (χ1n) is 11.7. The van der Waals surface area contributed by atoms with Crippen LogP contribution in [0.3, 0.4) is 0 Å². The predicted octanol–water partition coefficient (Wildman–Crippen LogP) is 4.06. The molecule has 2 aromatic carbocycles. The third-order valence-corrected chi connectivity index (χ3v) is 8.43. The van der Waals surface area contributed by atoms with Crippen molar-refractivity contribution in [2.45, 2.75) is 50.3 Å². The number of rotatable bonds is 7. The summed E-state index contributed by atoms with van der Waals surface area (Å²) < 4.78 is 27.6. The molecule has 7 heteroatoms. The van der Waals surface area contributed by atoms with Crippen LogP contribution in [0, 0.1) is 6.92 Å². The van der Waals surface area contributed by atoms with Crippen molar-refractivity contribution in [3.8, 4) is 0 Å². The van der Waals surface area contributed by atoms with Crippen LogP contribution >= 0.6 is 0 Å². The van der Waals surface area contributed by atoms with E-state index in [-0.39, 0.29) is 10.8 Å². The van der Waals surface area contributed by atoms with Crippen LogP contribution in [-0.4, -0.2) is 56.3 Å². The van der Waals surface area contributed by atoms with Gasteiger partial charge >= 0.3 is 0 Å². The summed E-state index contributed by atoms with van der Waals surface area (Å²) in [6.07, 6.45) is 6.42. The lowest BCUT2D eigenvalue weighted by Crippen LogP contribution is -2.35. The van der Waals surface area contributed by atoms with Gasteiger partial charge in [-0.25, -0.2) is 8.42 Å². The molecule has 2 fully saturated rings. The summed E-state index contributed by atoms with van der Waals surface area (Å²) in [6, 6.07) is 12.8. The Morgan fingerprint density at radius 2 is 1.56 bits per heavy atom. The highest BCUT2D eigenvalue weighted by Gasteiger charge is 2.27. The second kappa shape index (κ2) is 10.1. The fraction of sp³-hybridized carbons (Fsp3) is 0.480. The van der Waals surface area contributed by atoms with Gasteiger partial charge in [-0.1, -0.05) is 24.6 Å².